The van der Waals surface area contributed by atoms with Crippen molar-refractivity contribution in [2.24, 2.45) is 0 Å². The van der Waals surface area contributed by atoms with Crippen LogP contribution in [-0.4, -0.2) is 65.2 Å². The van der Waals surface area contributed by atoms with Gasteiger partial charge in [0.1, 0.15) is 24.1 Å². The van der Waals surface area contributed by atoms with E-state index in [1.165, 1.54) is 0 Å². The fraction of sp³-hybridized carbons (Fsp3) is 0.400. The molecule has 6 rings (SSSR count). The lowest BCUT2D eigenvalue weighted by molar-refractivity contribution is 0.00662. The van der Waals surface area contributed by atoms with Crippen LogP contribution in [0.2, 0.25) is 0 Å². The van der Waals surface area contributed by atoms with Gasteiger partial charge in [-0.3, -0.25) is 0 Å². The number of nitrogens with zero attached hydrogens (tertiary/aromatic N) is 7. The number of carbonyl (C=O) groups excluding carboxylic acids is 1. The summed E-state index contributed by atoms with van der Waals surface area (Å²) in [5.74, 6) is 1.42. The number of aromatic nitrogens is 6. The van der Waals surface area contributed by atoms with Gasteiger partial charge >= 0.3 is 12.1 Å². The first kappa shape index (κ1) is 31.8. The van der Waals surface area contributed by atoms with Crippen molar-refractivity contribution in [3.05, 3.63) is 89.9 Å². The fourth-order valence-electron chi connectivity index (χ4n) is 5.45. The summed E-state index contributed by atoms with van der Waals surface area (Å²) in [6.07, 6.45) is 6.43. The molecule has 12 heteroatoms. The van der Waals surface area contributed by atoms with Crippen LogP contribution in [0, 0.1) is 0 Å². The van der Waals surface area contributed by atoms with Crippen LogP contribution >= 0.6 is 0 Å². The van der Waals surface area contributed by atoms with E-state index in [1.807, 2.05) is 92.4 Å². The van der Waals surface area contributed by atoms with E-state index in [1.54, 1.807) is 15.6 Å². The number of carbonyl (C=O) groups is 1. The number of ether oxygens (including phenoxy) is 3. The van der Waals surface area contributed by atoms with Crippen LogP contribution < -0.4 is 14.8 Å². The standard InChI is InChI=1S/C35H42N8O4/c1-24(2)29-21-38-43-31(29)39-33(46-28-13-9-17-41(22-28)34(44)47-35(3,4)5)40-32(43)36-20-26-14-15-27(19-30(26)42-18-10-16-37-42)45-23-25-11-7-6-8-12-25/h6-8,10-12,14-16,18-19,21,24,28H,9,13,17,20,22-23H2,1-5H3,(H,36,39,40). The zero-order chi connectivity index (χ0) is 33.0. The molecule has 246 valence electrons. The number of piperidine rings is 1. The van der Waals surface area contributed by atoms with Crippen molar-refractivity contribution >= 4 is 17.7 Å². The Morgan fingerprint density at radius 2 is 1.89 bits per heavy atom. The smallest absolute Gasteiger partial charge is 0.410 e. The van der Waals surface area contributed by atoms with Crippen molar-refractivity contribution in [2.45, 2.75) is 78.2 Å². The molecule has 1 saturated heterocycles. The molecule has 4 heterocycles. The Bertz CT molecular complexity index is 1800. The van der Waals surface area contributed by atoms with E-state index in [0.29, 0.717) is 37.8 Å². The van der Waals surface area contributed by atoms with Gasteiger partial charge in [-0.1, -0.05) is 50.2 Å². The molecule has 1 atom stereocenters. The zero-order valence-corrected chi connectivity index (χ0v) is 27.6. The third-order valence-corrected chi connectivity index (χ3v) is 7.79. The monoisotopic (exact) mass is 638 g/mol. The topological polar surface area (TPSA) is 121 Å². The van der Waals surface area contributed by atoms with Crippen LogP contribution in [0.1, 0.15) is 70.1 Å². The molecule has 1 fully saturated rings. The van der Waals surface area contributed by atoms with E-state index < -0.39 is 5.60 Å². The lowest BCUT2D eigenvalue weighted by Gasteiger charge is -2.33. The predicted molar refractivity (Wildman–Crippen MR) is 178 cm³/mol. The third-order valence-electron chi connectivity index (χ3n) is 7.79. The van der Waals surface area contributed by atoms with Gasteiger partial charge in [0, 0.05) is 37.1 Å². The summed E-state index contributed by atoms with van der Waals surface area (Å²) in [4.78, 5) is 24.0. The average molecular weight is 639 g/mol. The van der Waals surface area contributed by atoms with Crippen LogP contribution in [-0.2, 0) is 17.9 Å². The Morgan fingerprint density at radius 1 is 1.06 bits per heavy atom. The molecule has 0 aliphatic carbocycles. The number of fused-ring (bicyclic) bond motifs is 1. The first-order chi connectivity index (χ1) is 22.6. The van der Waals surface area contributed by atoms with Crippen LogP contribution in [0.25, 0.3) is 11.3 Å². The van der Waals surface area contributed by atoms with Crippen molar-refractivity contribution in [1.29, 1.82) is 0 Å². The predicted octanol–water partition coefficient (Wildman–Crippen LogP) is 6.40. The second-order valence-corrected chi connectivity index (χ2v) is 13.0. The molecular weight excluding hydrogens is 596 g/mol. The van der Waals surface area contributed by atoms with E-state index in [0.717, 1.165) is 41.0 Å². The van der Waals surface area contributed by atoms with Crippen LogP contribution in [0.5, 0.6) is 11.8 Å². The molecule has 5 aromatic rings. The number of hydrogen-bond acceptors (Lipinski definition) is 9. The van der Waals surface area contributed by atoms with Crippen molar-refractivity contribution in [3.8, 4) is 17.4 Å². The Labute approximate surface area is 274 Å². The summed E-state index contributed by atoms with van der Waals surface area (Å²) in [5, 5.41) is 12.6. The molecule has 47 heavy (non-hydrogen) atoms. The zero-order valence-electron chi connectivity index (χ0n) is 27.6. The Balaban J connectivity index is 1.24. The van der Waals surface area contributed by atoms with Gasteiger partial charge in [0.2, 0.25) is 5.95 Å². The lowest BCUT2D eigenvalue weighted by Crippen LogP contribution is -2.46. The second kappa shape index (κ2) is 13.7. The van der Waals surface area contributed by atoms with Crippen LogP contribution in [0.3, 0.4) is 0 Å². The molecule has 1 amide bonds. The number of hydrogen-bond donors (Lipinski definition) is 1. The molecule has 0 bridgehead atoms. The summed E-state index contributed by atoms with van der Waals surface area (Å²) in [7, 11) is 0. The Morgan fingerprint density at radius 3 is 2.64 bits per heavy atom. The van der Waals surface area contributed by atoms with Gasteiger partial charge in [-0.2, -0.15) is 24.7 Å². The molecule has 0 spiro atoms. The summed E-state index contributed by atoms with van der Waals surface area (Å²) in [6, 6.07) is 18.2. The number of nitrogens with one attached hydrogen (secondary N) is 1. The van der Waals surface area contributed by atoms with Gasteiger partial charge < -0.3 is 24.4 Å². The summed E-state index contributed by atoms with van der Waals surface area (Å²) < 4.78 is 21.6. The van der Waals surface area contributed by atoms with Gasteiger partial charge in [0.05, 0.1) is 18.4 Å². The Kier molecular flexibility index (Phi) is 9.28. The van der Waals surface area contributed by atoms with Crippen molar-refractivity contribution in [3.63, 3.8) is 0 Å². The van der Waals surface area contributed by atoms with E-state index in [9.17, 15) is 4.79 Å². The number of amides is 1. The summed E-state index contributed by atoms with van der Waals surface area (Å²) in [6.45, 7) is 11.7. The molecular formula is C35H42N8O4. The number of benzene rings is 2. The highest BCUT2D eigenvalue weighted by Gasteiger charge is 2.29. The number of anilines is 1. The summed E-state index contributed by atoms with van der Waals surface area (Å²) in [5.41, 5.74) is 4.03. The quantitative estimate of drug-likeness (QED) is 0.185. The minimum absolute atomic E-state index is 0.190. The molecule has 1 aliphatic heterocycles. The van der Waals surface area contributed by atoms with Crippen molar-refractivity contribution in [1.82, 2.24) is 34.3 Å². The maximum Gasteiger partial charge on any atom is 0.410 e. The van der Waals surface area contributed by atoms with Gasteiger partial charge in [-0.15, -0.1) is 0 Å². The molecule has 3 aromatic heterocycles. The van der Waals surface area contributed by atoms with Crippen LogP contribution in [0.4, 0.5) is 10.7 Å². The molecule has 0 saturated carbocycles. The fourth-order valence-corrected chi connectivity index (χ4v) is 5.45. The van der Waals surface area contributed by atoms with Gasteiger partial charge in [0.25, 0.3) is 0 Å². The highest BCUT2D eigenvalue weighted by molar-refractivity contribution is 5.68. The minimum atomic E-state index is -0.568. The number of likely N-dealkylation sites (tertiary alicyclic amines) is 1. The SMILES string of the molecule is CC(C)c1cnn2c(NCc3ccc(OCc4ccccc4)cc3-n3cccn3)nc(OC3CCCN(C(=O)OC(C)(C)C)C3)nc12. The van der Waals surface area contributed by atoms with E-state index in [4.69, 9.17) is 24.2 Å². The normalized spacial score (nSPS) is 15.2. The first-order valence-corrected chi connectivity index (χ1v) is 16.1. The molecule has 2 aromatic carbocycles. The highest BCUT2D eigenvalue weighted by atomic mass is 16.6. The van der Waals surface area contributed by atoms with Crippen molar-refractivity contribution in [2.75, 3.05) is 18.4 Å². The molecule has 0 radical (unpaired) electrons. The molecule has 12 nitrogen and oxygen atoms in total. The van der Waals surface area contributed by atoms with Gasteiger partial charge in [-0.25, -0.2) is 9.48 Å². The molecule has 1 unspecified atom stereocenters. The summed E-state index contributed by atoms with van der Waals surface area (Å²) >= 11 is 0. The third kappa shape index (κ3) is 7.82. The second-order valence-electron chi connectivity index (χ2n) is 13.0. The van der Waals surface area contributed by atoms with E-state index in [2.05, 4.69) is 29.4 Å². The highest BCUT2D eigenvalue weighted by Crippen LogP contribution is 2.27. The average Bonchev–Trinajstić information content (AvgIpc) is 3.74. The van der Waals surface area contributed by atoms with E-state index in [-0.39, 0.29) is 24.1 Å². The maximum atomic E-state index is 12.8. The van der Waals surface area contributed by atoms with Gasteiger partial charge in [-0.05, 0) is 62.8 Å². The van der Waals surface area contributed by atoms with Crippen LogP contribution in [0.15, 0.2) is 73.2 Å². The molecule has 1 aliphatic rings. The van der Waals surface area contributed by atoms with Crippen molar-refractivity contribution < 1.29 is 19.0 Å². The first-order valence-electron chi connectivity index (χ1n) is 16.1. The largest absolute Gasteiger partial charge is 0.489 e. The lowest BCUT2D eigenvalue weighted by atomic mass is 10.1. The van der Waals surface area contributed by atoms with Gasteiger partial charge in [0.15, 0.2) is 5.65 Å². The Hall–Kier alpha value is -5.13. The minimum Gasteiger partial charge on any atom is -0.489 e. The van der Waals surface area contributed by atoms with E-state index >= 15 is 0 Å². The number of rotatable bonds is 10. The maximum absolute atomic E-state index is 12.8. The molecule has 1 N–H and O–H groups in total.